The van der Waals surface area contributed by atoms with Gasteiger partial charge in [-0.25, -0.2) is 4.68 Å². The van der Waals surface area contributed by atoms with Crippen LogP contribution in [-0.4, -0.2) is 19.3 Å². The Morgan fingerprint density at radius 2 is 1.60 bits per heavy atom. The van der Waals surface area contributed by atoms with Crippen LogP contribution in [0.1, 0.15) is 12.6 Å². The van der Waals surface area contributed by atoms with Crippen molar-refractivity contribution in [3.63, 3.8) is 0 Å². The molecule has 0 saturated carbocycles. The fourth-order valence-corrected chi connectivity index (χ4v) is 2.73. The molecule has 0 aliphatic heterocycles. The number of para-hydroxylation sites is 1. The molecule has 0 amide bonds. The zero-order valence-electron chi connectivity index (χ0n) is 13.8. The molecule has 4 nitrogen and oxygen atoms in total. The fraction of sp³-hybridized carbons (Fsp3) is 0.100. The minimum atomic E-state index is 0. The van der Waals surface area contributed by atoms with Crippen molar-refractivity contribution < 1.29 is 20.1 Å². The maximum absolute atomic E-state index is 4.62. The summed E-state index contributed by atoms with van der Waals surface area (Å²) in [5.74, 6) is 1.66. The van der Waals surface area contributed by atoms with Crippen molar-refractivity contribution in [1.29, 1.82) is 0 Å². The molecule has 0 bridgehead atoms. The van der Waals surface area contributed by atoms with Crippen LogP contribution in [0.15, 0.2) is 72.9 Å². The van der Waals surface area contributed by atoms with Gasteiger partial charge in [0, 0.05) is 37.8 Å². The van der Waals surface area contributed by atoms with Gasteiger partial charge in [-0.15, -0.1) is 6.20 Å². The molecular formula is C20H17IrN4-. The summed E-state index contributed by atoms with van der Waals surface area (Å²) in [6, 6.07) is 22.4. The monoisotopic (exact) mass is 506 g/mol. The molecule has 4 aromatic rings. The summed E-state index contributed by atoms with van der Waals surface area (Å²) in [6.45, 7) is 2.10. The summed E-state index contributed by atoms with van der Waals surface area (Å²) < 4.78 is 3.92. The Morgan fingerprint density at radius 3 is 2.24 bits per heavy atom. The smallest absolute Gasteiger partial charge is 0.0626 e. The topological polar surface area (TPSA) is 35.6 Å². The maximum Gasteiger partial charge on any atom is 0.0626 e. The van der Waals surface area contributed by atoms with Crippen LogP contribution >= 0.6 is 0 Å². The number of nitrogens with zero attached hydrogens (tertiary/aromatic N) is 4. The van der Waals surface area contributed by atoms with E-state index in [0.717, 1.165) is 35.0 Å². The Balaban J connectivity index is 0.00000182. The Labute approximate surface area is 160 Å². The van der Waals surface area contributed by atoms with E-state index in [1.165, 1.54) is 0 Å². The van der Waals surface area contributed by atoms with E-state index in [-0.39, 0.29) is 20.1 Å². The molecule has 0 saturated heterocycles. The van der Waals surface area contributed by atoms with Crippen LogP contribution in [0.4, 0.5) is 0 Å². The molecule has 0 unspecified atom stereocenters. The van der Waals surface area contributed by atoms with E-state index >= 15 is 0 Å². The third-order valence-corrected chi connectivity index (χ3v) is 3.96. The molecule has 0 spiro atoms. The van der Waals surface area contributed by atoms with Crippen molar-refractivity contribution in [3.05, 3.63) is 84.8 Å². The minimum absolute atomic E-state index is 0. The molecule has 2 heterocycles. The van der Waals surface area contributed by atoms with Gasteiger partial charge < -0.3 is 9.55 Å². The molecule has 5 heteroatoms. The zero-order chi connectivity index (χ0) is 16.4. The van der Waals surface area contributed by atoms with Gasteiger partial charge in [0.05, 0.1) is 5.69 Å². The van der Waals surface area contributed by atoms with Gasteiger partial charge in [0.15, 0.2) is 0 Å². The van der Waals surface area contributed by atoms with Crippen molar-refractivity contribution in [2.45, 2.75) is 13.3 Å². The maximum atomic E-state index is 4.62. The Kier molecular flexibility index (Phi) is 5.27. The molecule has 0 aliphatic carbocycles. The Bertz CT molecular complexity index is 942. The first kappa shape index (κ1) is 17.3. The van der Waals surface area contributed by atoms with Gasteiger partial charge in [-0.2, -0.15) is 5.10 Å². The van der Waals surface area contributed by atoms with E-state index in [2.05, 4.69) is 52.0 Å². The second kappa shape index (κ2) is 7.60. The molecule has 2 aromatic heterocycles. The van der Waals surface area contributed by atoms with E-state index in [1.807, 2.05) is 53.3 Å². The first-order chi connectivity index (χ1) is 11.9. The molecule has 1 radical (unpaired) electrons. The van der Waals surface area contributed by atoms with Crippen LogP contribution in [-0.2, 0) is 26.5 Å². The van der Waals surface area contributed by atoms with E-state index < -0.39 is 0 Å². The molecule has 0 fully saturated rings. The molecule has 4 rings (SSSR count). The summed E-state index contributed by atoms with van der Waals surface area (Å²) in [4.78, 5) is 4.55. The van der Waals surface area contributed by atoms with Crippen molar-refractivity contribution >= 4 is 0 Å². The van der Waals surface area contributed by atoms with E-state index in [4.69, 9.17) is 0 Å². The van der Waals surface area contributed by atoms with Crippen LogP contribution in [0, 0.1) is 6.20 Å². The van der Waals surface area contributed by atoms with Crippen molar-refractivity contribution in [3.8, 4) is 22.9 Å². The van der Waals surface area contributed by atoms with Gasteiger partial charge in [0.1, 0.15) is 0 Å². The van der Waals surface area contributed by atoms with E-state index in [1.54, 1.807) is 0 Å². The summed E-state index contributed by atoms with van der Waals surface area (Å²) in [5.41, 5.74) is 3.13. The van der Waals surface area contributed by atoms with Crippen molar-refractivity contribution in [2.75, 3.05) is 0 Å². The number of hydrogen-bond acceptors (Lipinski definition) is 2. The molecule has 0 atom stereocenters. The average Bonchev–Trinajstić information content (AvgIpc) is 3.30. The zero-order valence-corrected chi connectivity index (χ0v) is 16.2. The van der Waals surface area contributed by atoms with Gasteiger partial charge in [-0.05, 0) is 30.4 Å². The SMILES string of the molecule is CCc1ccn(-c2[c-]nc(-c3ccccc3)n2-c2ccccc2)n1.[Ir]. The predicted octanol–water partition coefficient (Wildman–Crippen LogP) is 4.09. The molecule has 25 heavy (non-hydrogen) atoms. The van der Waals surface area contributed by atoms with Gasteiger partial charge in [0.25, 0.3) is 0 Å². The van der Waals surface area contributed by atoms with Crippen molar-refractivity contribution in [1.82, 2.24) is 19.3 Å². The van der Waals surface area contributed by atoms with Crippen molar-refractivity contribution in [2.24, 2.45) is 0 Å². The average molecular weight is 506 g/mol. The van der Waals surface area contributed by atoms with Gasteiger partial charge in [0.2, 0.25) is 0 Å². The van der Waals surface area contributed by atoms with Crippen LogP contribution < -0.4 is 0 Å². The Hall–Kier alpha value is -2.49. The standard InChI is InChI=1S/C20H17N4.Ir/c1-2-17-13-14-23(22-17)19-15-21-20(16-9-5-3-6-10-16)24(19)18-11-7-4-8-12-18;/h3-14H,2H2,1H3;/q-1;. The Morgan fingerprint density at radius 1 is 0.920 bits per heavy atom. The van der Waals surface area contributed by atoms with Gasteiger partial charge >= 0.3 is 0 Å². The predicted molar refractivity (Wildman–Crippen MR) is 94.3 cm³/mol. The number of rotatable bonds is 4. The van der Waals surface area contributed by atoms with Crippen LogP contribution in [0.25, 0.3) is 22.9 Å². The van der Waals surface area contributed by atoms with Crippen LogP contribution in [0.2, 0.25) is 0 Å². The summed E-state index contributed by atoms with van der Waals surface area (Å²) in [5, 5.41) is 4.62. The normalized spacial score (nSPS) is 10.4. The summed E-state index contributed by atoms with van der Waals surface area (Å²) >= 11 is 0. The number of benzene rings is 2. The number of aryl methyl sites for hydroxylation is 1. The fourth-order valence-electron chi connectivity index (χ4n) is 2.73. The minimum Gasteiger partial charge on any atom is -0.433 e. The summed E-state index contributed by atoms with van der Waals surface area (Å²) in [6.07, 6.45) is 6.00. The summed E-state index contributed by atoms with van der Waals surface area (Å²) in [7, 11) is 0. The number of aromatic nitrogens is 4. The number of hydrogen-bond donors (Lipinski definition) is 0. The second-order valence-corrected chi connectivity index (χ2v) is 5.51. The molecule has 0 aliphatic rings. The van der Waals surface area contributed by atoms with Crippen LogP contribution in [0.3, 0.4) is 0 Å². The van der Waals surface area contributed by atoms with Crippen LogP contribution in [0.5, 0.6) is 0 Å². The quantitative estimate of drug-likeness (QED) is 0.392. The first-order valence-corrected chi connectivity index (χ1v) is 8.03. The third-order valence-electron chi connectivity index (χ3n) is 3.96. The third kappa shape index (κ3) is 3.34. The largest absolute Gasteiger partial charge is 0.433 e. The molecule has 2 aromatic carbocycles. The van der Waals surface area contributed by atoms with Gasteiger partial charge in [-0.1, -0.05) is 61.0 Å². The van der Waals surface area contributed by atoms with E-state index in [0.29, 0.717) is 0 Å². The molecular weight excluding hydrogens is 488 g/mol. The van der Waals surface area contributed by atoms with E-state index in [9.17, 15) is 0 Å². The second-order valence-electron chi connectivity index (χ2n) is 5.51. The molecule has 0 N–H and O–H groups in total. The number of imidazole rings is 1. The van der Waals surface area contributed by atoms with Gasteiger partial charge in [-0.3, -0.25) is 0 Å². The first-order valence-electron chi connectivity index (χ1n) is 8.03. The molecule has 127 valence electrons.